The van der Waals surface area contributed by atoms with Crippen LogP contribution in [-0.4, -0.2) is 18.0 Å². The predicted octanol–water partition coefficient (Wildman–Crippen LogP) is 2.12. The van der Waals surface area contributed by atoms with E-state index in [0.29, 0.717) is 6.10 Å². The van der Waals surface area contributed by atoms with Crippen molar-refractivity contribution in [2.45, 2.75) is 18.9 Å². The first-order valence-corrected chi connectivity index (χ1v) is 4.40. The molecule has 2 heteroatoms. The van der Waals surface area contributed by atoms with E-state index in [1.807, 2.05) is 0 Å². The zero-order valence-electron chi connectivity index (χ0n) is 5.35. The molecule has 0 bridgehead atoms. The number of alkyl halides is 1. The molecule has 1 atom stereocenters. The number of halogens is 1. The third-order valence-electron chi connectivity index (χ3n) is 1.36. The molecule has 0 aliphatic carbocycles. The van der Waals surface area contributed by atoms with Gasteiger partial charge in [-0.25, -0.2) is 0 Å². The summed E-state index contributed by atoms with van der Waals surface area (Å²) in [5.74, 6) is 0. The molecule has 52 valence electrons. The predicted molar refractivity (Wildman–Crippen MR) is 41.9 cm³/mol. The Hall–Kier alpha value is 0.180. The van der Waals surface area contributed by atoms with Crippen LogP contribution >= 0.6 is 15.9 Å². The fourth-order valence-electron chi connectivity index (χ4n) is 0.878. The van der Waals surface area contributed by atoms with E-state index in [0.717, 1.165) is 24.8 Å². The van der Waals surface area contributed by atoms with Crippen molar-refractivity contribution in [1.29, 1.82) is 0 Å². The van der Waals surface area contributed by atoms with Gasteiger partial charge in [0.25, 0.3) is 0 Å². The van der Waals surface area contributed by atoms with E-state index in [-0.39, 0.29) is 0 Å². The van der Waals surface area contributed by atoms with Crippen LogP contribution in [0.25, 0.3) is 0 Å². The molecule has 0 N–H and O–H groups in total. The minimum absolute atomic E-state index is 0.373. The second-order valence-corrected chi connectivity index (χ2v) is 2.90. The third-order valence-corrected chi connectivity index (χ3v) is 1.82. The Kier molecular flexibility index (Phi) is 3.30. The summed E-state index contributed by atoms with van der Waals surface area (Å²) in [6, 6.07) is 0. The molecule has 0 saturated carbocycles. The van der Waals surface area contributed by atoms with E-state index in [2.05, 4.69) is 28.1 Å². The lowest BCUT2D eigenvalue weighted by atomic mass is 10.2. The molecule has 0 fully saturated rings. The zero-order chi connectivity index (χ0) is 6.53. The normalized spacial score (nSPS) is 26.6. The van der Waals surface area contributed by atoms with Gasteiger partial charge < -0.3 is 4.74 Å². The Morgan fingerprint density at radius 2 is 2.56 bits per heavy atom. The van der Waals surface area contributed by atoms with Crippen molar-refractivity contribution in [3.63, 3.8) is 0 Å². The third kappa shape index (κ3) is 2.50. The average Bonchev–Trinajstić information content (AvgIpc) is 1.91. The second kappa shape index (κ2) is 4.07. The zero-order valence-corrected chi connectivity index (χ0v) is 6.93. The summed E-state index contributed by atoms with van der Waals surface area (Å²) in [5, 5.41) is 1.03. The van der Waals surface area contributed by atoms with E-state index in [4.69, 9.17) is 4.74 Å². The largest absolute Gasteiger partial charge is 0.374 e. The van der Waals surface area contributed by atoms with Crippen LogP contribution in [0.2, 0.25) is 0 Å². The molecule has 1 unspecified atom stereocenters. The molecule has 1 rings (SSSR count). The first kappa shape index (κ1) is 7.29. The standard InChI is InChI=1S/C7H11BrO/c8-5-4-7-3-1-2-6-9-7/h1,3,7H,2,4-6H2. The van der Waals surface area contributed by atoms with E-state index < -0.39 is 0 Å². The maximum atomic E-state index is 5.40. The maximum Gasteiger partial charge on any atom is 0.0763 e. The SMILES string of the molecule is BrCCC1C=CCCO1. The van der Waals surface area contributed by atoms with Crippen LogP contribution in [0.15, 0.2) is 12.2 Å². The Balaban J connectivity index is 2.23. The highest BCUT2D eigenvalue weighted by molar-refractivity contribution is 9.09. The summed E-state index contributed by atoms with van der Waals surface area (Å²) in [6.45, 7) is 0.897. The van der Waals surface area contributed by atoms with Crippen molar-refractivity contribution < 1.29 is 4.74 Å². The van der Waals surface area contributed by atoms with E-state index in [1.165, 1.54) is 0 Å². The van der Waals surface area contributed by atoms with E-state index in [9.17, 15) is 0 Å². The molecular formula is C7H11BrO. The summed E-state index contributed by atoms with van der Waals surface area (Å²) in [5.41, 5.74) is 0. The van der Waals surface area contributed by atoms with Gasteiger partial charge in [0.2, 0.25) is 0 Å². The monoisotopic (exact) mass is 190 g/mol. The van der Waals surface area contributed by atoms with Gasteiger partial charge in [0, 0.05) is 5.33 Å². The van der Waals surface area contributed by atoms with Gasteiger partial charge in [-0.15, -0.1) is 0 Å². The maximum absolute atomic E-state index is 5.40. The molecule has 0 amide bonds. The van der Waals surface area contributed by atoms with Crippen molar-refractivity contribution in [2.24, 2.45) is 0 Å². The van der Waals surface area contributed by atoms with E-state index >= 15 is 0 Å². The fraction of sp³-hybridized carbons (Fsp3) is 0.714. The molecule has 1 nitrogen and oxygen atoms in total. The Morgan fingerprint density at radius 3 is 3.11 bits per heavy atom. The highest BCUT2D eigenvalue weighted by Gasteiger charge is 2.05. The van der Waals surface area contributed by atoms with Crippen molar-refractivity contribution in [3.05, 3.63) is 12.2 Å². The van der Waals surface area contributed by atoms with Gasteiger partial charge in [-0.3, -0.25) is 0 Å². The Bertz CT molecular complexity index is 101. The van der Waals surface area contributed by atoms with Crippen LogP contribution in [-0.2, 0) is 4.74 Å². The first-order chi connectivity index (χ1) is 4.43. The van der Waals surface area contributed by atoms with Gasteiger partial charge in [-0.1, -0.05) is 28.1 Å². The van der Waals surface area contributed by atoms with Crippen LogP contribution in [0.4, 0.5) is 0 Å². The lowest BCUT2D eigenvalue weighted by Gasteiger charge is -2.15. The lowest BCUT2D eigenvalue weighted by molar-refractivity contribution is 0.0786. The number of hydrogen-bond donors (Lipinski definition) is 0. The molecule has 9 heavy (non-hydrogen) atoms. The highest BCUT2D eigenvalue weighted by atomic mass is 79.9. The second-order valence-electron chi connectivity index (χ2n) is 2.10. The molecule has 1 aliphatic rings. The Labute approximate surface area is 64.2 Å². The Morgan fingerprint density at radius 1 is 1.67 bits per heavy atom. The van der Waals surface area contributed by atoms with Crippen LogP contribution in [0.3, 0.4) is 0 Å². The van der Waals surface area contributed by atoms with Gasteiger partial charge in [0.15, 0.2) is 0 Å². The van der Waals surface area contributed by atoms with Gasteiger partial charge in [-0.05, 0) is 12.8 Å². The molecule has 0 aromatic rings. The topological polar surface area (TPSA) is 9.23 Å². The van der Waals surface area contributed by atoms with Crippen LogP contribution in [0.1, 0.15) is 12.8 Å². The van der Waals surface area contributed by atoms with Gasteiger partial charge >= 0.3 is 0 Å². The molecule has 1 heterocycles. The minimum atomic E-state index is 0.373. The van der Waals surface area contributed by atoms with Gasteiger partial charge in [0.1, 0.15) is 0 Å². The molecule has 0 aromatic heterocycles. The molecule has 0 aromatic carbocycles. The average molecular weight is 191 g/mol. The highest BCUT2D eigenvalue weighted by Crippen LogP contribution is 2.08. The molecular weight excluding hydrogens is 180 g/mol. The minimum Gasteiger partial charge on any atom is -0.374 e. The van der Waals surface area contributed by atoms with Crippen molar-refractivity contribution in [3.8, 4) is 0 Å². The smallest absolute Gasteiger partial charge is 0.0763 e. The van der Waals surface area contributed by atoms with Crippen molar-refractivity contribution >= 4 is 15.9 Å². The fourth-order valence-corrected chi connectivity index (χ4v) is 1.33. The number of hydrogen-bond acceptors (Lipinski definition) is 1. The van der Waals surface area contributed by atoms with E-state index in [1.54, 1.807) is 0 Å². The summed E-state index contributed by atoms with van der Waals surface area (Å²) < 4.78 is 5.40. The lowest BCUT2D eigenvalue weighted by Crippen LogP contribution is -2.14. The number of ether oxygens (including phenoxy) is 1. The van der Waals surface area contributed by atoms with Crippen LogP contribution < -0.4 is 0 Å². The van der Waals surface area contributed by atoms with Crippen molar-refractivity contribution in [2.75, 3.05) is 11.9 Å². The molecule has 0 spiro atoms. The van der Waals surface area contributed by atoms with Crippen molar-refractivity contribution in [1.82, 2.24) is 0 Å². The quantitative estimate of drug-likeness (QED) is 0.479. The number of rotatable bonds is 2. The van der Waals surface area contributed by atoms with Gasteiger partial charge in [-0.2, -0.15) is 0 Å². The summed E-state index contributed by atoms with van der Waals surface area (Å²) in [6.07, 6.45) is 6.88. The summed E-state index contributed by atoms with van der Waals surface area (Å²) in [4.78, 5) is 0. The summed E-state index contributed by atoms with van der Waals surface area (Å²) >= 11 is 3.37. The molecule has 0 saturated heterocycles. The molecule has 1 aliphatic heterocycles. The van der Waals surface area contributed by atoms with Crippen LogP contribution in [0.5, 0.6) is 0 Å². The first-order valence-electron chi connectivity index (χ1n) is 3.27. The van der Waals surface area contributed by atoms with Gasteiger partial charge in [0.05, 0.1) is 12.7 Å². The molecule has 0 radical (unpaired) electrons. The summed E-state index contributed by atoms with van der Waals surface area (Å²) in [7, 11) is 0. The van der Waals surface area contributed by atoms with Crippen LogP contribution in [0, 0.1) is 0 Å².